The Kier molecular flexibility index (Phi) is 7.31. The van der Waals surface area contributed by atoms with Crippen LogP contribution >= 0.6 is 0 Å². The van der Waals surface area contributed by atoms with Gasteiger partial charge in [0.15, 0.2) is 0 Å². The Morgan fingerprint density at radius 2 is 2.00 bits per heavy atom. The molecule has 0 aromatic rings. The molecule has 2 nitrogen and oxygen atoms in total. The first-order valence-electron chi connectivity index (χ1n) is 1.24. The quantitative estimate of drug-likeness (QED) is 0.269. The van der Waals surface area contributed by atoms with Gasteiger partial charge in [-0.1, -0.05) is 6.58 Å². The minimum atomic E-state index is 0. The van der Waals surface area contributed by atoms with Crippen LogP contribution in [0.4, 0.5) is 0 Å². The Morgan fingerprint density at radius 3 is 2.00 bits per heavy atom. The molecule has 0 bridgehead atoms. The van der Waals surface area contributed by atoms with Crippen molar-refractivity contribution in [2.75, 3.05) is 0 Å². The number of nitrogens with one attached hydrogen (secondary N) is 1. The first-order valence-corrected chi connectivity index (χ1v) is 1.24. The van der Waals surface area contributed by atoms with Crippen LogP contribution in [0.5, 0.6) is 0 Å². The number of amidine groups is 1. The fourth-order valence-electron chi connectivity index (χ4n) is 0. The van der Waals surface area contributed by atoms with Gasteiger partial charge in [-0.3, -0.25) is 5.41 Å². The molecule has 0 aromatic carbocycles. The molecule has 0 aliphatic carbocycles. The molecule has 0 amide bonds. The monoisotopic (exact) mass is 148 g/mol. The van der Waals surface area contributed by atoms with Crippen molar-refractivity contribution in [1.29, 1.82) is 5.41 Å². The molecule has 0 aliphatic rings. The van der Waals surface area contributed by atoms with Gasteiger partial charge in [0.2, 0.25) is 0 Å². The van der Waals surface area contributed by atoms with Gasteiger partial charge in [0, 0.05) is 0 Å². The normalized spacial score (nSPS) is 5.33. The van der Waals surface area contributed by atoms with E-state index in [2.05, 4.69) is 6.58 Å². The van der Waals surface area contributed by atoms with Crippen molar-refractivity contribution >= 4 is 23.4 Å². The molecule has 0 aromatic heterocycles. The van der Waals surface area contributed by atoms with Gasteiger partial charge < -0.3 is 5.73 Å². The van der Waals surface area contributed by atoms with Crippen molar-refractivity contribution in [3.63, 3.8) is 0 Å². The first kappa shape index (κ1) is 9.23. The van der Waals surface area contributed by atoms with Crippen molar-refractivity contribution in [3.05, 3.63) is 12.7 Å². The van der Waals surface area contributed by atoms with Crippen LogP contribution in [0.25, 0.3) is 0 Å². The van der Waals surface area contributed by atoms with Crippen molar-refractivity contribution in [3.8, 4) is 0 Å². The van der Waals surface area contributed by atoms with E-state index in [4.69, 9.17) is 11.1 Å². The zero-order valence-electron chi connectivity index (χ0n) is 2.86. The second kappa shape index (κ2) is 4.75. The molecule has 0 fully saturated rings. The predicted molar refractivity (Wildman–Crippen MR) is 33.4 cm³/mol. The van der Waals surface area contributed by atoms with Gasteiger partial charge >= 0.3 is 17.6 Å². The molecule has 0 aliphatic heterocycles. The predicted octanol–water partition coefficient (Wildman–Crippen LogP) is -1.34. The van der Waals surface area contributed by atoms with Crippen molar-refractivity contribution in [2.24, 2.45) is 5.73 Å². The van der Waals surface area contributed by atoms with Gasteiger partial charge in [0.1, 0.15) is 5.84 Å². The molecule has 0 unspecified atom stereocenters. The zero-order valence-corrected chi connectivity index (χ0v) is 2.86. The van der Waals surface area contributed by atoms with Crippen molar-refractivity contribution in [1.82, 2.24) is 0 Å². The van der Waals surface area contributed by atoms with Gasteiger partial charge in [-0.2, -0.15) is 0 Å². The van der Waals surface area contributed by atoms with Crippen LogP contribution < -0.4 is 5.73 Å². The summed E-state index contributed by atoms with van der Waals surface area (Å²) in [5.41, 5.74) is 4.76. The molecule has 0 saturated carbocycles. The van der Waals surface area contributed by atoms with Crippen LogP contribution in [-0.2, 0) is 0 Å². The van der Waals surface area contributed by atoms with E-state index in [1.54, 1.807) is 0 Å². The van der Waals surface area contributed by atoms with Gasteiger partial charge in [-0.25, -0.2) is 0 Å². The molecular formula is C3H10GeN2. The first-order chi connectivity index (χ1) is 2.27. The molecule has 0 spiro atoms. The second-order valence-corrected chi connectivity index (χ2v) is 0.659. The third-order valence-corrected chi connectivity index (χ3v) is 0.220. The zero-order chi connectivity index (χ0) is 4.28. The van der Waals surface area contributed by atoms with Gasteiger partial charge in [0.25, 0.3) is 0 Å². The Bertz CT molecular complexity index is 59.8. The van der Waals surface area contributed by atoms with Crippen LogP contribution in [0.2, 0.25) is 0 Å². The average molecular weight is 147 g/mol. The molecule has 0 saturated heterocycles. The van der Waals surface area contributed by atoms with Crippen molar-refractivity contribution < 1.29 is 0 Å². The fraction of sp³-hybridized carbons (Fsp3) is 0. The number of nitrogens with two attached hydrogens (primary N) is 1. The molecule has 0 rings (SSSR count). The Hall–Kier alpha value is -0.247. The van der Waals surface area contributed by atoms with Crippen LogP contribution in [0, 0.1) is 5.41 Å². The summed E-state index contributed by atoms with van der Waals surface area (Å²) in [6.45, 7) is 3.21. The summed E-state index contributed by atoms with van der Waals surface area (Å²) in [6.07, 6.45) is 1.28. The van der Waals surface area contributed by atoms with Crippen LogP contribution in [0.1, 0.15) is 0 Å². The van der Waals surface area contributed by atoms with E-state index < -0.39 is 0 Å². The SMILES string of the molecule is C=CC(=N)N.[GeH4]. The topological polar surface area (TPSA) is 49.9 Å². The minimum absolute atomic E-state index is 0. The third kappa shape index (κ3) is 9.26. The van der Waals surface area contributed by atoms with E-state index in [0.29, 0.717) is 0 Å². The van der Waals surface area contributed by atoms with Crippen LogP contribution in [-0.4, -0.2) is 23.4 Å². The standard InChI is InChI=1S/C3H6N2.GeH4/c1-2-3(4)5;/h2H,1H2,(H3,4,5);1H4. The molecule has 0 radical (unpaired) electrons. The van der Waals surface area contributed by atoms with Gasteiger partial charge in [0.05, 0.1) is 0 Å². The third-order valence-electron chi connectivity index (χ3n) is 0.220. The average Bonchev–Trinajstić information content (AvgIpc) is 1.38. The fourth-order valence-corrected chi connectivity index (χ4v) is 0. The summed E-state index contributed by atoms with van der Waals surface area (Å²) in [6, 6.07) is 0. The molecule has 3 N–H and O–H groups in total. The molecule has 0 heterocycles. The molecule has 6 heavy (non-hydrogen) atoms. The number of hydrogen-bond donors (Lipinski definition) is 2. The second-order valence-electron chi connectivity index (χ2n) is 0.659. The molecular weight excluding hydrogens is 137 g/mol. The van der Waals surface area contributed by atoms with Gasteiger partial charge in [-0.05, 0) is 6.08 Å². The van der Waals surface area contributed by atoms with E-state index in [0.717, 1.165) is 0 Å². The summed E-state index contributed by atoms with van der Waals surface area (Å²) in [5.74, 6) is 0.0185. The summed E-state index contributed by atoms with van der Waals surface area (Å²) in [7, 11) is 0. The Balaban J connectivity index is 0. The van der Waals surface area contributed by atoms with E-state index in [9.17, 15) is 0 Å². The summed E-state index contributed by atoms with van der Waals surface area (Å²) in [5, 5.41) is 6.40. The number of rotatable bonds is 1. The summed E-state index contributed by atoms with van der Waals surface area (Å²) in [4.78, 5) is 0. The molecule has 36 valence electrons. The summed E-state index contributed by atoms with van der Waals surface area (Å²) >= 11 is 0. The van der Waals surface area contributed by atoms with E-state index in [-0.39, 0.29) is 23.4 Å². The maximum absolute atomic E-state index is 6.40. The number of hydrogen-bond acceptors (Lipinski definition) is 1. The summed E-state index contributed by atoms with van der Waals surface area (Å²) < 4.78 is 0. The maximum atomic E-state index is 6.40. The van der Waals surface area contributed by atoms with E-state index >= 15 is 0 Å². The van der Waals surface area contributed by atoms with Gasteiger partial charge in [-0.15, -0.1) is 0 Å². The van der Waals surface area contributed by atoms with E-state index in [1.165, 1.54) is 6.08 Å². The molecule has 3 heteroatoms. The molecule has 0 atom stereocenters. The van der Waals surface area contributed by atoms with Crippen LogP contribution in [0.3, 0.4) is 0 Å². The Morgan fingerprint density at radius 1 is 1.83 bits per heavy atom. The van der Waals surface area contributed by atoms with Crippen LogP contribution in [0.15, 0.2) is 12.7 Å². The van der Waals surface area contributed by atoms with E-state index in [1.807, 2.05) is 0 Å². The van der Waals surface area contributed by atoms with Crippen molar-refractivity contribution in [2.45, 2.75) is 0 Å². The Labute approximate surface area is 47.9 Å².